The zero-order chi connectivity index (χ0) is 20.4. The second-order valence-electron chi connectivity index (χ2n) is 6.51. The van der Waals surface area contributed by atoms with Crippen LogP contribution in [0.25, 0.3) is 22.7 Å². The smallest absolute Gasteiger partial charge is 0.275 e. The third-order valence-electron chi connectivity index (χ3n) is 4.43. The number of amides is 1. The van der Waals surface area contributed by atoms with Crippen LogP contribution < -0.4 is 5.32 Å². The van der Waals surface area contributed by atoms with Gasteiger partial charge in [-0.3, -0.25) is 9.78 Å². The topological polar surface area (TPSA) is 92.4 Å². The molecule has 0 saturated carbocycles. The summed E-state index contributed by atoms with van der Waals surface area (Å²) in [6.07, 6.45) is 3.02. The van der Waals surface area contributed by atoms with Crippen LogP contribution in [0.3, 0.4) is 0 Å². The van der Waals surface area contributed by atoms with Crippen molar-refractivity contribution >= 4 is 23.1 Å². The fraction of sp³-hybridized carbons (Fsp3) is 0.0909. The minimum Gasteiger partial charge on any atom is -0.508 e. The van der Waals surface area contributed by atoms with Gasteiger partial charge in [-0.15, -0.1) is 0 Å². The molecule has 0 saturated heterocycles. The highest BCUT2D eigenvalue weighted by atomic mass is 16.3. The molecule has 0 spiro atoms. The third kappa shape index (κ3) is 3.70. The zero-order valence-corrected chi connectivity index (χ0v) is 16.0. The number of carbonyl (C=O) groups is 1. The molecule has 4 aromatic rings. The van der Waals surface area contributed by atoms with Gasteiger partial charge in [0, 0.05) is 29.5 Å². The van der Waals surface area contributed by atoms with Crippen molar-refractivity contribution < 1.29 is 9.90 Å². The number of allylic oxidation sites excluding steroid dienone is 1. The van der Waals surface area contributed by atoms with E-state index in [-0.39, 0.29) is 17.4 Å². The summed E-state index contributed by atoms with van der Waals surface area (Å²) in [5.74, 6) is 0.132. The summed E-state index contributed by atoms with van der Waals surface area (Å²) in [5.41, 5.74) is 4.03. The number of pyridine rings is 1. The molecule has 2 N–H and O–H groups in total. The van der Waals surface area contributed by atoms with E-state index in [9.17, 15) is 9.90 Å². The fourth-order valence-electron chi connectivity index (χ4n) is 2.99. The Morgan fingerprint density at radius 3 is 2.62 bits per heavy atom. The van der Waals surface area contributed by atoms with Crippen molar-refractivity contribution in [2.45, 2.75) is 13.8 Å². The Balaban J connectivity index is 1.68. The molecule has 29 heavy (non-hydrogen) atoms. The molecule has 0 bridgehead atoms. The maximum absolute atomic E-state index is 12.6. The number of aromatic nitrogens is 4. The van der Waals surface area contributed by atoms with E-state index in [1.807, 2.05) is 43.3 Å². The average molecular weight is 385 g/mol. The first-order valence-electron chi connectivity index (χ1n) is 9.11. The number of nitrogens with one attached hydrogen (secondary N) is 1. The number of hydrogen-bond donors (Lipinski definition) is 2. The molecule has 3 aromatic heterocycles. The second kappa shape index (κ2) is 7.55. The maximum atomic E-state index is 12.6. The first kappa shape index (κ1) is 18.4. The van der Waals surface area contributed by atoms with E-state index < -0.39 is 0 Å². The van der Waals surface area contributed by atoms with Gasteiger partial charge in [0.15, 0.2) is 5.65 Å². The van der Waals surface area contributed by atoms with E-state index in [4.69, 9.17) is 0 Å². The summed E-state index contributed by atoms with van der Waals surface area (Å²) in [5, 5.41) is 17.0. The van der Waals surface area contributed by atoms with Gasteiger partial charge >= 0.3 is 0 Å². The molecule has 0 radical (unpaired) electrons. The molecular formula is C22H19N5O2. The van der Waals surface area contributed by atoms with Gasteiger partial charge in [0.05, 0.1) is 11.4 Å². The summed E-state index contributed by atoms with van der Waals surface area (Å²) >= 11 is 0. The molecule has 144 valence electrons. The second-order valence-corrected chi connectivity index (χ2v) is 6.51. The number of nitrogens with zero attached hydrogens (tertiary/aromatic N) is 4. The molecule has 0 aliphatic carbocycles. The van der Waals surface area contributed by atoms with Crippen molar-refractivity contribution in [3.05, 3.63) is 83.8 Å². The predicted octanol–water partition coefficient (Wildman–Crippen LogP) is 4.27. The Kier molecular flexibility index (Phi) is 4.78. The highest BCUT2D eigenvalue weighted by Gasteiger charge is 2.14. The number of rotatable bonds is 4. The molecule has 0 atom stereocenters. The lowest BCUT2D eigenvalue weighted by Gasteiger charge is -2.09. The number of aryl methyl sites for hydroxylation is 1. The van der Waals surface area contributed by atoms with Crippen LogP contribution in [0.1, 0.15) is 28.7 Å². The van der Waals surface area contributed by atoms with Crippen LogP contribution in [0.5, 0.6) is 0 Å². The largest absolute Gasteiger partial charge is 0.508 e. The van der Waals surface area contributed by atoms with Crippen LogP contribution in [0, 0.1) is 6.92 Å². The van der Waals surface area contributed by atoms with E-state index in [0.29, 0.717) is 17.0 Å². The van der Waals surface area contributed by atoms with Gasteiger partial charge < -0.3 is 10.4 Å². The van der Waals surface area contributed by atoms with Crippen LogP contribution >= 0.6 is 0 Å². The van der Waals surface area contributed by atoms with Gasteiger partial charge in [0.25, 0.3) is 5.91 Å². The molecular weight excluding hydrogens is 366 g/mol. The first-order valence-corrected chi connectivity index (χ1v) is 9.11. The Morgan fingerprint density at radius 1 is 1.14 bits per heavy atom. The Morgan fingerprint density at radius 2 is 1.93 bits per heavy atom. The van der Waals surface area contributed by atoms with Crippen LogP contribution in [0.4, 0.5) is 5.82 Å². The number of aliphatic hydroxyl groups excluding tert-OH is 1. The molecule has 0 aliphatic heterocycles. The number of anilines is 1. The lowest BCUT2D eigenvalue weighted by Crippen LogP contribution is -2.15. The third-order valence-corrected chi connectivity index (χ3v) is 4.43. The number of hydrogen-bond acceptors (Lipinski definition) is 5. The van der Waals surface area contributed by atoms with E-state index in [2.05, 4.69) is 20.4 Å². The van der Waals surface area contributed by atoms with Crippen molar-refractivity contribution in [3.63, 3.8) is 0 Å². The summed E-state index contributed by atoms with van der Waals surface area (Å²) in [4.78, 5) is 21.3. The molecule has 0 unspecified atom stereocenters. The van der Waals surface area contributed by atoms with E-state index in [0.717, 1.165) is 17.0 Å². The summed E-state index contributed by atoms with van der Waals surface area (Å²) in [6.45, 7) is 3.62. The Hall–Kier alpha value is -4.00. The minimum absolute atomic E-state index is 0.111. The molecule has 3 heterocycles. The Bertz CT molecular complexity index is 1210. The SMILES string of the molecule is C/C=C(/O)c1ccc(C(=O)Nc2cc(-c3ccccc3)n3nc(C)cc3n2)nc1. The van der Waals surface area contributed by atoms with Gasteiger partial charge in [-0.25, -0.2) is 9.50 Å². The fourth-order valence-corrected chi connectivity index (χ4v) is 2.99. The van der Waals surface area contributed by atoms with E-state index >= 15 is 0 Å². The monoisotopic (exact) mass is 385 g/mol. The number of fused-ring (bicyclic) bond motifs is 1. The minimum atomic E-state index is -0.386. The van der Waals surface area contributed by atoms with Gasteiger partial charge in [0.2, 0.25) is 0 Å². The molecule has 0 aliphatic rings. The number of aliphatic hydroxyl groups is 1. The van der Waals surface area contributed by atoms with E-state index in [1.165, 1.54) is 6.20 Å². The van der Waals surface area contributed by atoms with Crippen LogP contribution in [-0.2, 0) is 0 Å². The molecule has 4 rings (SSSR count). The van der Waals surface area contributed by atoms with E-state index in [1.54, 1.807) is 35.7 Å². The molecule has 1 amide bonds. The van der Waals surface area contributed by atoms with Crippen molar-refractivity contribution in [3.8, 4) is 11.3 Å². The number of carbonyl (C=O) groups excluding carboxylic acids is 1. The van der Waals surface area contributed by atoms with Gasteiger partial charge in [0.1, 0.15) is 17.3 Å². The molecule has 7 heteroatoms. The lowest BCUT2D eigenvalue weighted by molar-refractivity contribution is 0.102. The Labute approximate surface area is 167 Å². The first-order chi connectivity index (χ1) is 14.0. The average Bonchev–Trinajstić information content (AvgIpc) is 3.13. The highest BCUT2D eigenvalue weighted by Crippen LogP contribution is 2.23. The molecule has 1 aromatic carbocycles. The standard InChI is InChI=1S/C22H19N5O2/c1-3-19(28)16-9-10-17(23-13-16)22(29)25-20-12-18(15-7-5-4-6-8-15)27-21(24-20)11-14(2)26-27/h3-13,28H,1-2H3,(H,24,25,29)/b19-3+. The zero-order valence-electron chi connectivity index (χ0n) is 16.0. The predicted molar refractivity (Wildman–Crippen MR) is 112 cm³/mol. The van der Waals surface area contributed by atoms with Crippen molar-refractivity contribution in [2.24, 2.45) is 0 Å². The summed E-state index contributed by atoms with van der Waals surface area (Å²) in [7, 11) is 0. The highest BCUT2D eigenvalue weighted by molar-refractivity contribution is 6.02. The van der Waals surface area contributed by atoms with Crippen LogP contribution in [0.15, 0.2) is 66.9 Å². The quantitative estimate of drug-likeness (QED) is 0.512. The van der Waals surface area contributed by atoms with Crippen molar-refractivity contribution in [1.29, 1.82) is 0 Å². The lowest BCUT2D eigenvalue weighted by atomic mass is 10.1. The van der Waals surface area contributed by atoms with Crippen molar-refractivity contribution in [1.82, 2.24) is 19.6 Å². The molecule has 0 fully saturated rings. The van der Waals surface area contributed by atoms with Gasteiger partial charge in [-0.1, -0.05) is 30.3 Å². The van der Waals surface area contributed by atoms with Gasteiger partial charge in [-0.2, -0.15) is 5.10 Å². The number of benzene rings is 1. The van der Waals surface area contributed by atoms with Crippen LogP contribution in [-0.4, -0.2) is 30.6 Å². The summed E-state index contributed by atoms with van der Waals surface area (Å²) in [6, 6.07) is 16.6. The van der Waals surface area contributed by atoms with Crippen molar-refractivity contribution in [2.75, 3.05) is 5.32 Å². The molecule has 7 nitrogen and oxygen atoms in total. The summed E-state index contributed by atoms with van der Waals surface area (Å²) < 4.78 is 1.76. The normalized spacial score (nSPS) is 11.6. The maximum Gasteiger partial charge on any atom is 0.275 e. The van der Waals surface area contributed by atoms with Gasteiger partial charge in [-0.05, 0) is 32.1 Å². The van der Waals surface area contributed by atoms with Crippen LogP contribution in [0.2, 0.25) is 0 Å².